The van der Waals surface area contributed by atoms with Crippen molar-refractivity contribution < 1.29 is 36.6 Å². The third-order valence-corrected chi connectivity index (χ3v) is 2.39. The number of alkyl halides is 6. The quantitative estimate of drug-likeness (QED) is 0.749. The second kappa shape index (κ2) is 5.88. The minimum Gasteiger partial charge on any atom is -0.394 e. The Morgan fingerprint density at radius 2 is 1.65 bits per heavy atom. The van der Waals surface area contributed by atoms with E-state index < -0.39 is 48.4 Å². The molecule has 1 rings (SSSR count). The molecule has 3 nitrogen and oxygen atoms in total. The fourth-order valence-electron chi connectivity index (χ4n) is 1.41. The molecule has 0 spiro atoms. The lowest BCUT2D eigenvalue weighted by Gasteiger charge is -2.18. The first kappa shape index (κ1) is 16.6. The van der Waals surface area contributed by atoms with E-state index in [1.165, 1.54) is 0 Å². The molecular formula is C11H11F6NO2. The number of benzene rings is 1. The van der Waals surface area contributed by atoms with E-state index in [0.29, 0.717) is 18.2 Å². The first-order valence-electron chi connectivity index (χ1n) is 5.37. The van der Waals surface area contributed by atoms with Crippen molar-refractivity contribution in [1.82, 2.24) is 0 Å². The molecule has 1 atom stereocenters. The van der Waals surface area contributed by atoms with Gasteiger partial charge in [0, 0.05) is 12.2 Å². The van der Waals surface area contributed by atoms with Gasteiger partial charge in [-0.1, -0.05) is 0 Å². The Labute approximate surface area is 109 Å². The van der Waals surface area contributed by atoms with Crippen molar-refractivity contribution in [1.29, 1.82) is 0 Å². The Balaban J connectivity index is 3.13. The van der Waals surface area contributed by atoms with Crippen molar-refractivity contribution in [2.24, 2.45) is 0 Å². The highest BCUT2D eigenvalue weighted by atomic mass is 19.4. The van der Waals surface area contributed by atoms with Gasteiger partial charge in [0.1, 0.15) is 0 Å². The first-order chi connectivity index (χ1) is 9.05. The van der Waals surface area contributed by atoms with Crippen LogP contribution in [0.5, 0.6) is 0 Å². The highest BCUT2D eigenvalue weighted by Crippen LogP contribution is 2.38. The van der Waals surface area contributed by atoms with Gasteiger partial charge in [-0.2, -0.15) is 26.3 Å². The summed E-state index contributed by atoms with van der Waals surface area (Å²) in [5.74, 6) is 0. The Bertz CT molecular complexity index is 457. The first-order valence-corrected chi connectivity index (χ1v) is 5.37. The van der Waals surface area contributed by atoms with Gasteiger partial charge >= 0.3 is 12.4 Å². The van der Waals surface area contributed by atoms with Crippen molar-refractivity contribution in [3.63, 3.8) is 0 Å². The lowest BCUT2D eigenvalue weighted by atomic mass is 10.1. The van der Waals surface area contributed by atoms with Crippen LogP contribution in [-0.2, 0) is 12.4 Å². The normalized spacial score (nSPS) is 14.2. The van der Waals surface area contributed by atoms with E-state index in [9.17, 15) is 26.3 Å². The van der Waals surface area contributed by atoms with Crippen LogP contribution in [0.4, 0.5) is 32.0 Å². The average molecular weight is 303 g/mol. The summed E-state index contributed by atoms with van der Waals surface area (Å²) in [5.41, 5.74) is -3.33. The van der Waals surface area contributed by atoms with E-state index in [4.69, 9.17) is 10.2 Å². The van der Waals surface area contributed by atoms with Crippen LogP contribution in [0.3, 0.4) is 0 Å². The van der Waals surface area contributed by atoms with Gasteiger partial charge in [0.2, 0.25) is 0 Å². The molecule has 0 heterocycles. The molecule has 9 heteroatoms. The van der Waals surface area contributed by atoms with E-state index in [1.54, 1.807) is 0 Å². The fourth-order valence-corrected chi connectivity index (χ4v) is 1.41. The van der Waals surface area contributed by atoms with E-state index in [-0.39, 0.29) is 0 Å². The minimum atomic E-state index is -4.84. The molecule has 0 aliphatic carbocycles. The second-order valence-corrected chi connectivity index (χ2v) is 3.97. The lowest BCUT2D eigenvalue weighted by Crippen LogP contribution is -2.24. The molecule has 1 aromatic carbocycles. The number of hydrogen-bond acceptors (Lipinski definition) is 3. The van der Waals surface area contributed by atoms with Crippen molar-refractivity contribution in [2.75, 3.05) is 18.5 Å². The van der Waals surface area contributed by atoms with Crippen LogP contribution >= 0.6 is 0 Å². The number of halogens is 6. The van der Waals surface area contributed by atoms with Gasteiger partial charge in [-0.15, -0.1) is 0 Å². The molecule has 0 aliphatic rings. The fraction of sp³-hybridized carbons (Fsp3) is 0.455. The SMILES string of the molecule is OCC(O)CNc1cc(C(F)(F)F)ccc1C(F)(F)F. The summed E-state index contributed by atoms with van der Waals surface area (Å²) in [6, 6.07) is 0.958. The third kappa shape index (κ3) is 4.27. The zero-order chi connectivity index (χ0) is 15.6. The van der Waals surface area contributed by atoms with Crippen molar-refractivity contribution in [3.8, 4) is 0 Å². The highest BCUT2D eigenvalue weighted by molar-refractivity contribution is 5.55. The number of aliphatic hydroxyl groups is 2. The molecule has 0 bridgehead atoms. The monoisotopic (exact) mass is 303 g/mol. The maximum Gasteiger partial charge on any atom is 0.418 e. The Morgan fingerprint density at radius 3 is 2.10 bits per heavy atom. The van der Waals surface area contributed by atoms with Crippen LogP contribution in [-0.4, -0.2) is 29.5 Å². The zero-order valence-corrected chi connectivity index (χ0v) is 9.89. The predicted molar refractivity (Wildman–Crippen MR) is 58.0 cm³/mol. The van der Waals surface area contributed by atoms with Crippen molar-refractivity contribution >= 4 is 5.69 Å². The molecule has 0 fully saturated rings. The van der Waals surface area contributed by atoms with Gasteiger partial charge in [0.15, 0.2) is 0 Å². The summed E-state index contributed by atoms with van der Waals surface area (Å²) in [6.45, 7) is -1.24. The molecule has 114 valence electrons. The molecule has 3 N–H and O–H groups in total. The van der Waals surface area contributed by atoms with Crippen LogP contribution in [0.25, 0.3) is 0 Å². The van der Waals surface area contributed by atoms with Crippen LogP contribution < -0.4 is 5.32 Å². The molecule has 0 saturated carbocycles. The molecule has 0 aliphatic heterocycles. The molecule has 1 unspecified atom stereocenters. The summed E-state index contributed by atoms with van der Waals surface area (Å²) in [7, 11) is 0. The molecule has 0 amide bonds. The largest absolute Gasteiger partial charge is 0.418 e. The van der Waals surface area contributed by atoms with Crippen molar-refractivity contribution in [2.45, 2.75) is 18.5 Å². The van der Waals surface area contributed by atoms with E-state index in [2.05, 4.69) is 5.32 Å². The summed E-state index contributed by atoms with van der Waals surface area (Å²) in [5, 5.41) is 19.6. The van der Waals surface area contributed by atoms with E-state index >= 15 is 0 Å². The standard InChI is InChI=1S/C11H11F6NO2/c12-10(13,14)6-1-2-8(11(15,16)17)9(3-6)18-4-7(20)5-19/h1-3,7,18-20H,4-5H2. The van der Waals surface area contributed by atoms with Gasteiger partial charge in [-0.05, 0) is 18.2 Å². The van der Waals surface area contributed by atoms with E-state index in [0.717, 1.165) is 0 Å². The van der Waals surface area contributed by atoms with Crippen molar-refractivity contribution in [3.05, 3.63) is 29.3 Å². The molecule has 0 aromatic heterocycles. The number of hydrogen-bond donors (Lipinski definition) is 3. The van der Waals surface area contributed by atoms with Gasteiger partial charge in [-0.25, -0.2) is 0 Å². The smallest absolute Gasteiger partial charge is 0.394 e. The maximum atomic E-state index is 12.6. The summed E-state index contributed by atoms with van der Waals surface area (Å²) < 4.78 is 75.3. The van der Waals surface area contributed by atoms with E-state index in [1.807, 2.05) is 0 Å². The van der Waals surface area contributed by atoms with Gasteiger partial charge in [0.05, 0.1) is 23.8 Å². The average Bonchev–Trinajstić information content (AvgIpc) is 2.33. The Hall–Kier alpha value is -1.48. The summed E-state index contributed by atoms with van der Waals surface area (Å²) in [4.78, 5) is 0. The molecular weight excluding hydrogens is 292 g/mol. The Kier molecular flexibility index (Phi) is 4.87. The minimum absolute atomic E-state index is 0.312. The van der Waals surface area contributed by atoms with Gasteiger partial charge in [-0.3, -0.25) is 0 Å². The molecule has 0 saturated heterocycles. The highest BCUT2D eigenvalue weighted by Gasteiger charge is 2.37. The number of aliphatic hydroxyl groups excluding tert-OH is 2. The molecule has 0 radical (unpaired) electrons. The number of nitrogens with one attached hydrogen (secondary N) is 1. The number of anilines is 1. The lowest BCUT2D eigenvalue weighted by molar-refractivity contribution is -0.140. The third-order valence-electron chi connectivity index (χ3n) is 2.39. The van der Waals surface area contributed by atoms with Crippen LogP contribution in [0, 0.1) is 0 Å². The second-order valence-electron chi connectivity index (χ2n) is 3.97. The molecule has 1 aromatic rings. The van der Waals surface area contributed by atoms with Gasteiger partial charge < -0.3 is 15.5 Å². The Morgan fingerprint density at radius 1 is 1.05 bits per heavy atom. The topological polar surface area (TPSA) is 52.5 Å². The maximum absolute atomic E-state index is 12.6. The zero-order valence-electron chi connectivity index (χ0n) is 9.89. The van der Waals surface area contributed by atoms with Crippen LogP contribution in [0.15, 0.2) is 18.2 Å². The van der Waals surface area contributed by atoms with Crippen LogP contribution in [0.2, 0.25) is 0 Å². The van der Waals surface area contributed by atoms with Crippen LogP contribution in [0.1, 0.15) is 11.1 Å². The number of rotatable bonds is 4. The predicted octanol–water partition coefficient (Wildman–Crippen LogP) is 2.49. The van der Waals surface area contributed by atoms with Gasteiger partial charge in [0.25, 0.3) is 0 Å². The summed E-state index contributed by atoms with van der Waals surface area (Å²) in [6.07, 6.45) is -11.0. The molecule has 20 heavy (non-hydrogen) atoms. The summed E-state index contributed by atoms with van der Waals surface area (Å²) >= 11 is 0.